The Bertz CT molecular complexity index is 433. The van der Waals surface area contributed by atoms with Gasteiger partial charge in [0.25, 0.3) is 0 Å². The second-order valence-corrected chi connectivity index (χ2v) is 8.95. The fourth-order valence-corrected chi connectivity index (χ4v) is 2.71. The van der Waals surface area contributed by atoms with Crippen LogP contribution in [0.1, 0.15) is 63.8 Å². The molecule has 102 valence electrons. The van der Waals surface area contributed by atoms with Gasteiger partial charge in [-0.25, -0.2) is 0 Å². The molecule has 0 nitrogen and oxygen atoms in total. The second-order valence-electron chi connectivity index (χ2n) is 8.95. The molecule has 0 aromatic heterocycles. The smallest absolute Gasteiger partial charge is 0.0632 e. The zero-order chi connectivity index (χ0) is 15.2. The van der Waals surface area contributed by atoms with Crippen molar-refractivity contribution >= 4 is 23.5 Å². The molecule has 19 heavy (non-hydrogen) atoms. The zero-order valence-electron chi connectivity index (χ0n) is 14.7. The third-order valence-corrected chi connectivity index (χ3v) is 3.89. The van der Waals surface area contributed by atoms with Crippen LogP contribution in [0.2, 0.25) is 0 Å². The lowest BCUT2D eigenvalue weighted by Gasteiger charge is -2.32. The topological polar surface area (TPSA) is 0 Å². The zero-order valence-corrected chi connectivity index (χ0v) is 14.7. The van der Waals surface area contributed by atoms with Crippen LogP contribution in [0.5, 0.6) is 0 Å². The predicted molar refractivity (Wildman–Crippen MR) is 95.9 cm³/mol. The SMILES string of the molecule is BC(C)(C)c1cc(C(B)(C)C)c(C)c(C(B)(C)C)c1. The molecule has 0 aliphatic heterocycles. The number of hydrogen-bond acceptors (Lipinski definition) is 0. The van der Waals surface area contributed by atoms with Gasteiger partial charge in [0.1, 0.15) is 23.5 Å². The van der Waals surface area contributed by atoms with Crippen LogP contribution in [-0.4, -0.2) is 23.5 Å². The largest absolute Gasteiger partial charge is 0.114 e. The molecule has 0 saturated heterocycles. The van der Waals surface area contributed by atoms with Crippen molar-refractivity contribution < 1.29 is 0 Å². The lowest BCUT2D eigenvalue weighted by atomic mass is 9.58. The lowest BCUT2D eigenvalue weighted by molar-refractivity contribution is 0.699. The molecule has 0 radical (unpaired) electrons. The molecule has 1 aromatic rings. The molecule has 3 heteroatoms. The Morgan fingerprint density at radius 2 is 1.00 bits per heavy atom. The van der Waals surface area contributed by atoms with Crippen molar-refractivity contribution in [2.24, 2.45) is 0 Å². The van der Waals surface area contributed by atoms with E-state index in [-0.39, 0.29) is 15.9 Å². The number of benzene rings is 1. The molecule has 0 bridgehead atoms. The molecule has 0 unspecified atom stereocenters. The molecule has 0 N–H and O–H groups in total. The van der Waals surface area contributed by atoms with E-state index in [0.29, 0.717) is 0 Å². The van der Waals surface area contributed by atoms with Gasteiger partial charge in [-0.1, -0.05) is 53.7 Å². The first-order valence-corrected chi connectivity index (χ1v) is 7.40. The van der Waals surface area contributed by atoms with E-state index < -0.39 is 0 Å². The molecule has 0 amide bonds. The highest BCUT2D eigenvalue weighted by molar-refractivity contribution is 6.17. The standard InChI is InChI=1S/C16H29B3/c1-10-12(15(4,5)18)8-11(14(2,3)17)9-13(10)16(6,7)19/h8-9H,17-19H2,1-7H3. The summed E-state index contributed by atoms with van der Waals surface area (Å²) in [6.07, 6.45) is 0. The summed E-state index contributed by atoms with van der Waals surface area (Å²) in [5, 5.41) is 0.602. The molecule has 0 aliphatic carbocycles. The molecule has 1 aromatic carbocycles. The summed E-state index contributed by atoms with van der Waals surface area (Å²) in [4.78, 5) is 0. The lowest BCUT2D eigenvalue weighted by Crippen LogP contribution is -2.27. The van der Waals surface area contributed by atoms with Crippen LogP contribution in [0.25, 0.3) is 0 Å². The number of hydrogen-bond donors (Lipinski definition) is 0. The Balaban J connectivity index is 3.68. The van der Waals surface area contributed by atoms with E-state index in [4.69, 9.17) is 0 Å². The van der Waals surface area contributed by atoms with Gasteiger partial charge >= 0.3 is 0 Å². The van der Waals surface area contributed by atoms with Gasteiger partial charge in [-0.05, 0) is 45.1 Å². The molecule has 0 atom stereocenters. The Kier molecular flexibility index (Phi) is 4.12. The average Bonchev–Trinajstić information content (AvgIpc) is 2.11. The van der Waals surface area contributed by atoms with Crippen LogP contribution in [-0.2, 0) is 15.9 Å². The molecule has 0 saturated carbocycles. The van der Waals surface area contributed by atoms with Crippen molar-refractivity contribution in [3.05, 3.63) is 34.4 Å². The summed E-state index contributed by atoms with van der Waals surface area (Å²) in [5.74, 6) is 0. The van der Waals surface area contributed by atoms with Crippen LogP contribution < -0.4 is 0 Å². The van der Waals surface area contributed by atoms with E-state index in [2.05, 4.69) is 84.1 Å². The monoisotopic (exact) mass is 254 g/mol. The van der Waals surface area contributed by atoms with Gasteiger partial charge in [0.15, 0.2) is 0 Å². The second kappa shape index (κ2) is 4.75. The molecule has 0 aliphatic rings. The quantitative estimate of drug-likeness (QED) is 0.718. The van der Waals surface area contributed by atoms with E-state index in [9.17, 15) is 0 Å². The van der Waals surface area contributed by atoms with E-state index in [1.54, 1.807) is 0 Å². The highest BCUT2D eigenvalue weighted by Gasteiger charge is 2.26. The molecule has 1 rings (SSSR count). The predicted octanol–water partition coefficient (Wildman–Crippen LogP) is 1.60. The number of rotatable bonds is 3. The van der Waals surface area contributed by atoms with Crippen LogP contribution in [0.3, 0.4) is 0 Å². The van der Waals surface area contributed by atoms with Crippen molar-refractivity contribution in [3.63, 3.8) is 0 Å². The minimum atomic E-state index is 0.200. The average molecular weight is 254 g/mol. The first-order valence-electron chi connectivity index (χ1n) is 7.40. The van der Waals surface area contributed by atoms with E-state index in [0.717, 1.165) is 0 Å². The van der Waals surface area contributed by atoms with Gasteiger partial charge in [-0.15, -0.1) is 0 Å². The summed E-state index contributed by atoms with van der Waals surface area (Å²) in [5.41, 5.74) is 5.90. The first-order chi connectivity index (χ1) is 8.24. The fraction of sp³-hybridized carbons (Fsp3) is 0.625. The summed E-state index contributed by atoms with van der Waals surface area (Å²) < 4.78 is 0. The molecular weight excluding hydrogens is 225 g/mol. The van der Waals surface area contributed by atoms with Crippen molar-refractivity contribution in [1.29, 1.82) is 0 Å². The maximum atomic E-state index is 2.42. The molecular formula is C16H29B3. The Labute approximate surface area is 123 Å². The summed E-state index contributed by atoms with van der Waals surface area (Å²) in [7, 11) is 6.93. The molecule has 0 fully saturated rings. The van der Waals surface area contributed by atoms with Crippen molar-refractivity contribution in [3.8, 4) is 0 Å². The van der Waals surface area contributed by atoms with Gasteiger partial charge in [-0.2, -0.15) is 0 Å². The first kappa shape index (κ1) is 16.5. The van der Waals surface area contributed by atoms with Crippen LogP contribution in [0.15, 0.2) is 12.1 Å². The summed E-state index contributed by atoms with van der Waals surface area (Å²) in [6, 6.07) is 4.84. The fourth-order valence-electron chi connectivity index (χ4n) is 2.71. The van der Waals surface area contributed by atoms with E-state index in [1.807, 2.05) is 0 Å². The Morgan fingerprint density at radius 1 is 0.684 bits per heavy atom. The van der Waals surface area contributed by atoms with Gasteiger partial charge in [0, 0.05) is 0 Å². The Hall–Kier alpha value is -0.585. The third kappa shape index (κ3) is 3.71. The Morgan fingerprint density at radius 3 is 1.21 bits per heavy atom. The van der Waals surface area contributed by atoms with E-state index in [1.165, 1.54) is 22.3 Å². The van der Waals surface area contributed by atoms with Crippen molar-refractivity contribution in [2.75, 3.05) is 0 Å². The summed E-state index contributed by atoms with van der Waals surface area (Å²) in [6.45, 7) is 16.1. The van der Waals surface area contributed by atoms with Crippen molar-refractivity contribution in [2.45, 2.75) is 64.4 Å². The highest BCUT2D eigenvalue weighted by atomic mass is 14.3. The van der Waals surface area contributed by atoms with Gasteiger partial charge < -0.3 is 0 Å². The summed E-state index contributed by atoms with van der Waals surface area (Å²) >= 11 is 0. The maximum absolute atomic E-state index is 2.42. The highest BCUT2D eigenvalue weighted by Crippen LogP contribution is 2.35. The van der Waals surface area contributed by atoms with Gasteiger partial charge in [0.05, 0.1) is 0 Å². The van der Waals surface area contributed by atoms with Gasteiger partial charge in [0.2, 0.25) is 0 Å². The third-order valence-electron chi connectivity index (χ3n) is 3.89. The molecule has 0 heterocycles. The van der Waals surface area contributed by atoms with Gasteiger partial charge in [-0.3, -0.25) is 0 Å². The maximum Gasteiger partial charge on any atom is 0.114 e. The minimum absolute atomic E-state index is 0.200. The van der Waals surface area contributed by atoms with Crippen LogP contribution in [0.4, 0.5) is 0 Å². The minimum Gasteiger partial charge on any atom is -0.0632 e. The normalized spacial score (nSPS) is 13.6. The van der Waals surface area contributed by atoms with Crippen LogP contribution >= 0.6 is 0 Å². The molecule has 0 spiro atoms. The van der Waals surface area contributed by atoms with Crippen LogP contribution in [0, 0.1) is 6.92 Å². The van der Waals surface area contributed by atoms with E-state index >= 15 is 0 Å². The van der Waals surface area contributed by atoms with Crippen molar-refractivity contribution in [1.82, 2.24) is 0 Å².